The smallest absolute Gasteiger partial charge is 0.276 e. The number of aryl methyl sites for hydroxylation is 2. The van der Waals surface area contributed by atoms with Crippen LogP contribution in [-0.2, 0) is 19.9 Å². The molecule has 0 spiro atoms. The number of nitrogens with zero attached hydrogens (tertiary/aromatic N) is 5. The maximum absolute atomic E-state index is 12.9. The first-order chi connectivity index (χ1) is 12.7. The highest BCUT2D eigenvalue weighted by Crippen LogP contribution is 2.40. The molecule has 7 nitrogen and oxygen atoms in total. The van der Waals surface area contributed by atoms with Gasteiger partial charge in [0.25, 0.3) is 5.91 Å². The van der Waals surface area contributed by atoms with Crippen molar-refractivity contribution in [3.63, 3.8) is 0 Å². The van der Waals surface area contributed by atoms with Gasteiger partial charge in [0.05, 0.1) is 5.69 Å². The van der Waals surface area contributed by atoms with E-state index in [1.54, 1.807) is 0 Å². The van der Waals surface area contributed by atoms with Crippen LogP contribution in [0.4, 0.5) is 5.82 Å². The highest BCUT2D eigenvalue weighted by molar-refractivity contribution is 5.94. The van der Waals surface area contributed by atoms with Crippen LogP contribution in [-0.4, -0.2) is 51.9 Å². The molecule has 0 N–H and O–H groups in total. The number of carbonyl (C=O) groups excluding carboxylic acids is 1. The van der Waals surface area contributed by atoms with Gasteiger partial charge in [-0.05, 0) is 32.1 Å². The normalized spacial score (nSPS) is 20.3. The summed E-state index contributed by atoms with van der Waals surface area (Å²) in [6.07, 6.45) is 6.60. The van der Waals surface area contributed by atoms with E-state index in [1.807, 2.05) is 16.6 Å². The Bertz CT molecular complexity index is 827. The number of aromatic nitrogens is 3. The summed E-state index contributed by atoms with van der Waals surface area (Å²) in [6.45, 7) is 3.08. The van der Waals surface area contributed by atoms with Crippen molar-refractivity contribution >= 4 is 11.7 Å². The summed E-state index contributed by atoms with van der Waals surface area (Å²) in [7, 11) is 2.01. The van der Waals surface area contributed by atoms with Gasteiger partial charge in [-0.2, -0.15) is 5.10 Å². The second kappa shape index (κ2) is 6.14. The molecule has 7 heteroatoms. The van der Waals surface area contributed by atoms with Gasteiger partial charge in [0.15, 0.2) is 5.69 Å². The molecule has 1 aliphatic heterocycles. The van der Waals surface area contributed by atoms with Gasteiger partial charge in [-0.3, -0.25) is 9.48 Å². The average Bonchev–Trinajstić information content (AvgIpc) is 3.32. The van der Waals surface area contributed by atoms with E-state index in [0.717, 1.165) is 55.9 Å². The molecule has 2 aliphatic carbocycles. The van der Waals surface area contributed by atoms with E-state index in [4.69, 9.17) is 4.52 Å². The van der Waals surface area contributed by atoms with Crippen LogP contribution in [0.5, 0.6) is 0 Å². The minimum atomic E-state index is 0.0280. The molecule has 2 aromatic heterocycles. The molecule has 0 aromatic carbocycles. The van der Waals surface area contributed by atoms with Crippen LogP contribution < -0.4 is 4.90 Å². The highest BCUT2D eigenvalue weighted by atomic mass is 16.5. The van der Waals surface area contributed by atoms with Gasteiger partial charge in [-0.25, -0.2) is 0 Å². The zero-order valence-corrected chi connectivity index (χ0v) is 15.3. The Hall–Kier alpha value is -2.31. The first-order valence-corrected chi connectivity index (χ1v) is 9.76. The summed E-state index contributed by atoms with van der Waals surface area (Å²) in [6, 6.07) is 2.23. The molecule has 0 radical (unpaired) electrons. The fourth-order valence-corrected chi connectivity index (χ4v) is 4.19. The molecule has 2 aromatic rings. The third-order valence-corrected chi connectivity index (χ3v) is 5.91. The van der Waals surface area contributed by atoms with Crippen molar-refractivity contribution in [2.75, 3.05) is 31.1 Å². The molecular formula is C19H25N5O2. The second-order valence-electron chi connectivity index (χ2n) is 7.74. The van der Waals surface area contributed by atoms with Crippen molar-refractivity contribution < 1.29 is 9.32 Å². The van der Waals surface area contributed by atoms with E-state index in [2.05, 4.69) is 21.2 Å². The lowest BCUT2D eigenvalue weighted by atomic mass is 9.96. The number of rotatable bonds is 3. The van der Waals surface area contributed by atoms with Crippen molar-refractivity contribution in [3.8, 4) is 0 Å². The molecule has 0 atom stereocenters. The Balaban J connectivity index is 1.27. The van der Waals surface area contributed by atoms with E-state index >= 15 is 0 Å². The van der Waals surface area contributed by atoms with Crippen LogP contribution in [0, 0.1) is 0 Å². The molecule has 0 unspecified atom stereocenters. The number of amides is 1. The zero-order chi connectivity index (χ0) is 17.7. The van der Waals surface area contributed by atoms with Crippen LogP contribution in [0.15, 0.2) is 10.6 Å². The zero-order valence-electron chi connectivity index (χ0n) is 15.3. The molecule has 1 amide bonds. The van der Waals surface area contributed by atoms with Crippen molar-refractivity contribution in [3.05, 3.63) is 28.8 Å². The van der Waals surface area contributed by atoms with Gasteiger partial charge in [-0.15, -0.1) is 0 Å². The number of hydrogen-bond acceptors (Lipinski definition) is 5. The number of hydrogen-bond donors (Lipinski definition) is 0. The van der Waals surface area contributed by atoms with Crippen molar-refractivity contribution in [1.82, 2.24) is 19.8 Å². The average molecular weight is 355 g/mol. The van der Waals surface area contributed by atoms with E-state index in [-0.39, 0.29) is 5.91 Å². The summed E-state index contributed by atoms with van der Waals surface area (Å²) in [4.78, 5) is 17.2. The molecule has 1 saturated carbocycles. The standard InChI is InChI=1S/C19H25N5O2/c1-22-17(12-15(20-22)13-6-7-13)23-8-10-24(11-9-23)19(25)18-14-4-2-3-5-16(14)26-21-18/h12-13H,2-11H2,1H3. The van der Waals surface area contributed by atoms with E-state index in [0.29, 0.717) is 24.7 Å². The minimum Gasteiger partial charge on any atom is -0.360 e. The SMILES string of the molecule is Cn1nc(C2CC2)cc1N1CCN(C(=O)c2noc3c2CCCC3)CC1. The number of fused-ring (bicyclic) bond motifs is 1. The Morgan fingerprint density at radius 1 is 1.15 bits per heavy atom. The van der Waals surface area contributed by atoms with E-state index in [1.165, 1.54) is 18.5 Å². The lowest BCUT2D eigenvalue weighted by Crippen LogP contribution is -2.49. The maximum atomic E-state index is 12.9. The van der Waals surface area contributed by atoms with Crippen LogP contribution in [0.3, 0.4) is 0 Å². The first-order valence-electron chi connectivity index (χ1n) is 9.76. The van der Waals surface area contributed by atoms with Gasteiger partial charge in [-0.1, -0.05) is 5.16 Å². The molecular weight excluding hydrogens is 330 g/mol. The quantitative estimate of drug-likeness (QED) is 0.844. The molecule has 5 rings (SSSR count). The van der Waals surface area contributed by atoms with Crippen molar-refractivity contribution in [2.45, 2.75) is 44.4 Å². The van der Waals surface area contributed by atoms with Crippen molar-refractivity contribution in [1.29, 1.82) is 0 Å². The summed E-state index contributed by atoms with van der Waals surface area (Å²) in [5.74, 6) is 2.77. The molecule has 3 aliphatic rings. The number of piperazine rings is 1. The van der Waals surface area contributed by atoms with Gasteiger partial charge in [0, 0.05) is 57.2 Å². The maximum Gasteiger partial charge on any atom is 0.276 e. The largest absolute Gasteiger partial charge is 0.360 e. The summed E-state index contributed by atoms with van der Waals surface area (Å²) in [5, 5.41) is 8.76. The predicted octanol–water partition coefficient (Wildman–Crippen LogP) is 2.13. The summed E-state index contributed by atoms with van der Waals surface area (Å²) >= 11 is 0. The molecule has 2 fully saturated rings. The Kier molecular flexibility index (Phi) is 3.76. The summed E-state index contributed by atoms with van der Waals surface area (Å²) in [5.41, 5.74) is 2.81. The number of anilines is 1. The highest BCUT2D eigenvalue weighted by Gasteiger charge is 2.31. The monoisotopic (exact) mass is 355 g/mol. The minimum absolute atomic E-state index is 0.0280. The first kappa shape index (κ1) is 15.9. The Labute approximate surface area is 152 Å². The Morgan fingerprint density at radius 3 is 2.69 bits per heavy atom. The molecule has 1 saturated heterocycles. The van der Waals surface area contributed by atoms with Crippen LogP contribution in [0.1, 0.15) is 59.1 Å². The Morgan fingerprint density at radius 2 is 1.92 bits per heavy atom. The van der Waals surface area contributed by atoms with Crippen LogP contribution in [0.2, 0.25) is 0 Å². The third-order valence-electron chi connectivity index (χ3n) is 5.91. The van der Waals surface area contributed by atoms with Gasteiger partial charge in [0.1, 0.15) is 11.6 Å². The number of carbonyl (C=O) groups is 1. The van der Waals surface area contributed by atoms with E-state index < -0.39 is 0 Å². The topological polar surface area (TPSA) is 67.4 Å². The fraction of sp³-hybridized carbons (Fsp3) is 0.632. The fourth-order valence-electron chi connectivity index (χ4n) is 4.19. The predicted molar refractivity (Wildman–Crippen MR) is 96.4 cm³/mol. The summed E-state index contributed by atoms with van der Waals surface area (Å²) < 4.78 is 7.40. The van der Waals surface area contributed by atoms with Crippen LogP contribution >= 0.6 is 0 Å². The molecule has 138 valence electrons. The van der Waals surface area contributed by atoms with Gasteiger partial charge in [0.2, 0.25) is 0 Å². The lowest BCUT2D eigenvalue weighted by Gasteiger charge is -2.35. The molecule has 0 bridgehead atoms. The van der Waals surface area contributed by atoms with Gasteiger partial charge >= 0.3 is 0 Å². The third kappa shape index (κ3) is 2.70. The lowest BCUT2D eigenvalue weighted by molar-refractivity contribution is 0.0735. The van der Waals surface area contributed by atoms with Crippen LogP contribution in [0.25, 0.3) is 0 Å². The van der Waals surface area contributed by atoms with E-state index in [9.17, 15) is 4.79 Å². The molecule has 26 heavy (non-hydrogen) atoms. The van der Waals surface area contributed by atoms with Gasteiger partial charge < -0.3 is 14.3 Å². The molecule has 3 heterocycles. The van der Waals surface area contributed by atoms with Crippen molar-refractivity contribution in [2.24, 2.45) is 7.05 Å². The second-order valence-corrected chi connectivity index (χ2v) is 7.74.